The van der Waals surface area contributed by atoms with Crippen LogP contribution in [0, 0.1) is 0 Å². The summed E-state index contributed by atoms with van der Waals surface area (Å²) >= 11 is 0. The second-order valence-corrected chi connectivity index (χ2v) is 4.83. The monoisotopic (exact) mass is 281 g/mol. The largest absolute Gasteiger partial charge is 0.382 e. The van der Waals surface area contributed by atoms with Crippen molar-refractivity contribution in [3.63, 3.8) is 0 Å². The molecule has 20 heavy (non-hydrogen) atoms. The van der Waals surface area contributed by atoms with Crippen molar-refractivity contribution in [1.29, 1.82) is 0 Å². The summed E-state index contributed by atoms with van der Waals surface area (Å²) in [6.07, 6.45) is 2.13. The number of hydrogen-bond acceptors (Lipinski definition) is 5. The Balaban J connectivity index is 2.71. The number of methoxy groups -OCH3 is 2. The highest BCUT2D eigenvalue weighted by molar-refractivity contribution is 5.40. The van der Waals surface area contributed by atoms with E-state index in [1.54, 1.807) is 14.2 Å². The molecule has 1 aromatic rings. The van der Waals surface area contributed by atoms with Crippen molar-refractivity contribution in [3.05, 3.63) is 23.4 Å². The van der Waals surface area contributed by atoms with E-state index in [1.807, 2.05) is 7.05 Å². The number of nitrogens with zero attached hydrogens (tertiary/aromatic N) is 1. The molecule has 0 saturated heterocycles. The molecule has 1 unspecified atom stereocenters. The molecule has 0 spiro atoms. The third-order valence-electron chi connectivity index (χ3n) is 3.02. The van der Waals surface area contributed by atoms with Crippen molar-refractivity contribution >= 4 is 5.82 Å². The zero-order valence-corrected chi connectivity index (χ0v) is 13.0. The fourth-order valence-corrected chi connectivity index (χ4v) is 2.05. The fourth-order valence-electron chi connectivity index (χ4n) is 2.05. The molecule has 1 atom stereocenters. The van der Waals surface area contributed by atoms with Crippen molar-refractivity contribution in [3.8, 4) is 0 Å². The van der Waals surface area contributed by atoms with Gasteiger partial charge in [-0.2, -0.15) is 0 Å². The minimum absolute atomic E-state index is 0.0318. The van der Waals surface area contributed by atoms with Crippen LogP contribution in [0.5, 0.6) is 0 Å². The quantitative estimate of drug-likeness (QED) is 0.685. The van der Waals surface area contributed by atoms with Crippen LogP contribution < -0.4 is 10.6 Å². The van der Waals surface area contributed by atoms with Crippen LogP contribution in [-0.4, -0.2) is 45.5 Å². The molecule has 0 fully saturated rings. The molecule has 0 aliphatic carbocycles. The van der Waals surface area contributed by atoms with Gasteiger partial charge in [0.2, 0.25) is 0 Å². The number of aryl methyl sites for hydroxylation is 1. The van der Waals surface area contributed by atoms with Gasteiger partial charge in [0.15, 0.2) is 0 Å². The lowest BCUT2D eigenvalue weighted by Gasteiger charge is -2.16. The van der Waals surface area contributed by atoms with Crippen LogP contribution in [0.1, 0.15) is 24.6 Å². The molecule has 5 heteroatoms. The zero-order chi connectivity index (χ0) is 14.8. The topological polar surface area (TPSA) is 55.4 Å². The minimum atomic E-state index is 0.0318. The van der Waals surface area contributed by atoms with Crippen LogP contribution in [0.2, 0.25) is 0 Å². The molecule has 0 radical (unpaired) electrons. The summed E-state index contributed by atoms with van der Waals surface area (Å²) in [6.45, 7) is 4.27. The Kier molecular flexibility index (Phi) is 8.18. The molecule has 0 aromatic carbocycles. The molecule has 1 heterocycles. The van der Waals surface area contributed by atoms with Gasteiger partial charge in [-0.05, 0) is 31.2 Å². The minimum Gasteiger partial charge on any atom is -0.382 e. The number of ether oxygens (including phenoxy) is 2. The zero-order valence-electron chi connectivity index (χ0n) is 13.0. The van der Waals surface area contributed by atoms with Crippen molar-refractivity contribution in [2.45, 2.75) is 32.4 Å². The van der Waals surface area contributed by atoms with Gasteiger partial charge in [-0.15, -0.1) is 0 Å². The van der Waals surface area contributed by atoms with E-state index in [1.165, 1.54) is 5.56 Å². The van der Waals surface area contributed by atoms with Gasteiger partial charge in [0, 0.05) is 33.0 Å². The molecule has 0 bridgehead atoms. The van der Waals surface area contributed by atoms with Crippen LogP contribution in [0.15, 0.2) is 12.1 Å². The summed E-state index contributed by atoms with van der Waals surface area (Å²) in [7, 11) is 5.32. The summed E-state index contributed by atoms with van der Waals surface area (Å²) in [5, 5.41) is 6.51. The van der Waals surface area contributed by atoms with Gasteiger partial charge in [-0.1, -0.05) is 13.3 Å². The Labute approximate surface area is 122 Å². The summed E-state index contributed by atoms with van der Waals surface area (Å²) in [4.78, 5) is 4.64. The fraction of sp³-hybridized carbons (Fsp3) is 0.667. The lowest BCUT2D eigenvalue weighted by Crippen LogP contribution is -2.27. The molecule has 0 aliphatic heterocycles. The van der Waals surface area contributed by atoms with Gasteiger partial charge in [-0.3, -0.25) is 0 Å². The molecule has 1 aromatic heterocycles. The van der Waals surface area contributed by atoms with Crippen LogP contribution in [0.25, 0.3) is 0 Å². The van der Waals surface area contributed by atoms with E-state index in [0.29, 0.717) is 13.2 Å². The highest BCUT2D eigenvalue weighted by Crippen LogP contribution is 2.12. The Hall–Kier alpha value is -1.17. The predicted molar refractivity (Wildman–Crippen MR) is 82.2 cm³/mol. The van der Waals surface area contributed by atoms with E-state index in [-0.39, 0.29) is 6.10 Å². The van der Waals surface area contributed by atoms with E-state index in [9.17, 15) is 0 Å². The maximum atomic E-state index is 5.34. The summed E-state index contributed by atoms with van der Waals surface area (Å²) in [5.41, 5.74) is 2.37. The second kappa shape index (κ2) is 9.69. The Morgan fingerprint density at radius 3 is 2.70 bits per heavy atom. The summed E-state index contributed by atoms with van der Waals surface area (Å²) < 4.78 is 10.5. The van der Waals surface area contributed by atoms with E-state index in [4.69, 9.17) is 9.47 Å². The van der Waals surface area contributed by atoms with Gasteiger partial charge >= 0.3 is 0 Å². The molecule has 2 N–H and O–H groups in total. The Bertz CT molecular complexity index is 361. The molecule has 1 rings (SSSR count). The maximum Gasteiger partial charge on any atom is 0.126 e. The molecular formula is C15H27N3O2. The Morgan fingerprint density at radius 2 is 2.10 bits per heavy atom. The first-order valence-corrected chi connectivity index (χ1v) is 7.13. The standard InChI is InChI=1S/C15H27N3O2/c1-5-6-13-7-12(9-16-2)8-15(18-13)17-10-14(20-4)11-19-3/h7-8,14,16H,5-6,9-11H2,1-4H3,(H,17,18). The normalized spacial score (nSPS) is 12.4. The average molecular weight is 281 g/mol. The van der Waals surface area contributed by atoms with E-state index in [0.717, 1.165) is 30.9 Å². The van der Waals surface area contributed by atoms with Crippen LogP contribution in [0.3, 0.4) is 0 Å². The third-order valence-corrected chi connectivity index (χ3v) is 3.02. The van der Waals surface area contributed by atoms with Crippen LogP contribution in [-0.2, 0) is 22.4 Å². The van der Waals surface area contributed by atoms with Crippen LogP contribution in [0.4, 0.5) is 5.82 Å². The molecule has 114 valence electrons. The molecular weight excluding hydrogens is 254 g/mol. The maximum absolute atomic E-state index is 5.34. The predicted octanol–water partition coefficient (Wildman–Crippen LogP) is 1.83. The second-order valence-electron chi connectivity index (χ2n) is 4.83. The SMILES string of the molecule is CCCc1cc(CNC)cc(NCC(COC)OC)n1. The van der Waals surface area contributed by atoms with Gasteiger partial charge in [-0.25, -0.2) is 4.98 Å². The van der Waals surface area contributed by atoms with Crippen molar-refractivity contribution < 1.29 is 9.47 Å². The first kappa shape index (κ1) is 16.9. The number of rotatable bonds is 10. The van der Waals surface area contributed by atoms with E-state index < -0.39 is 0 Å². The lowest BCUT2D eigenvalue weighted by molar-refractivity contribution is 0.0365. The first-order valence-electron chi connectivity index (χ1n) is 7.13. The number of anilines is 1. The van der Waals surface area contributed by atoms with Crippen LogP contribution >= 0.6 is 0 Å². The lowest BCUT2D eigenvalue weighted by atomic mass is 10.1. The molecule has 0 saturated carbocycles. The van der Waals surface area contributed by atoms with Gasteiger partial charge in [0.25, 0.3) is 0 Å². The smallest absolute Gasteiger partial charge is 0.126 e. The highest BCUT2D eigenvalue weighted by atomic mass is 16.5. The summed E-state index contributed by atoms with van der Waals surface area (Å²) in [6, 6.07) is 4.24. The van der Waals surface area contributed by atoms with Crippen molar-refractivity contribution in [2.24, 2.45) is 0 Å². The number of aromatic nitrogens is 1. The average Bonchev–Trinajstić information content (AvgIpc) is 2.44. The molecule has 0 aliphatic rings. The van der Waals surface area contributed by atoms with Gasteiger partial charge < -0.3 is 20.1 Å². The third kappa shape index (κ3) is 5.86. The van der Waals surface area contributed by atoms with Gasteiger partial charge in [0.1, 0.15) is 5.82 Å². The molecule has 5 nitrogen and oxygen atoms in total. The Morgan fingerprint density at radius 1 is 1.30 bits per heavy atom. The number of pyridine rings is 1. The van der Waals surface area contributed by atoms with E-state index in [2.05, 4.69) is 34.7 Å². The first-order chi connectivity index (χ1) is 9.73. The summed E-state index contributed by atoms with van der Waals surface area (Å²) in [5.74, 6) is 0.902. The van der Waals surface area contributed by atoms with Gasteiger partial charge in [0.05, 0.1) is 12.7 Å². The van der Waals surface area contributed by atoms with Crippen molar-refractivity contribution in [2.75, 3.05) is 39.7 Å². The number of nitrogens with one attached hydrogen (secondary N) is 2. The molecule has 0 amide bonds. The highest BCUT2D eigenvalue weighted by Gasteiger charge is 2.08. The van der Waals surface area contributed by atoms with Crippen molar-refractivity contribution in [1.82, 2.24) is 10.3 Å². The number of hydrogen-bond donors (Lipinski definition) is 2. The van der Waals surface area contributed by atoms with E-state index >= 15 is 0 Å².